The molecule has 3 heterocycles. The number of aliphatic hydroxyl groups excluding tert-OH is 3. The number of nitrogens with zero attached hydrogens (tertiary/aromatic N) is 1. The molecule has 3 rings (SSSR count). The fourth-order valence-corrected chi connectivity index (χ4v) is 8.35. The summed E-state index contributed by atoms with van der Waals surface area (Å²) in [6, 6.07) is -0.883. The van der Waals surface area contributed by atoms with Gasteiger partial charge < -0.3 is 64.5 Å². The van der Waals surface area contributed by atoms with E-state index in [2.05, 4.69) is 5.32 Å². The molecule has 3 aliphatic rings. The normalized spacial score (nSPS) is 51.0. The third-order valence-electron chi connectivity index (χ3n) is 11.5. The summed E-state index contributed by atoms with van der Waals surface area (Å²) in [7, 11) is 3.57. The first-order chi connectivity index (χ1) is 23.0. The van der Waals surface area contributed by atoms with Crippen LogP contribution in [0.2, 0.25) is 0 Å². The standard InChI is InChI=1S/C36H68N2O12/c1-13-25-36(10,45)29(40)22(6)38(12)17-18(2)15-35(9,44)31(50-33-27(39)24(37-11)14-19(3)46-33)20(4)28(21(5)32(42)48-25)49-26-16-34(8,43)30(41)23(7)47-26/h18-31,33,37,39-41,43-45H,13-17H2,1-12H3/t18-,19-,20+,21-,22-,23+,24+,25-,26+,27-,28+,29-,30+,31-,33+,34-,35-,36-/m1/s1. The monoisotopic (exact) mass is 720 g/mol. The van der Waals surface area contributed by atoms with Crippen LogP contribution < -0.4 is 5.32 Å². The van der Waals surface area contributed by atoms with Gasteiger partial charge in [0.15, 0.2) is 12.6 Å². The van der Waals surface area contributed by atoms with E-state index in [1.165, 1.54) is 13.8 Å². The zero-order valence-corrected chi connectivity index (χ0v) is 32.3. The molecule has 0 aliphatic carbocycles. The number of esters is 1. The van der Waals surface area contributed by atoms with Gasteiger partial charge in [-0.2, -0.15) is 0 Å². The summed E-state index contributed by atoms with van der Waals surface area (Å²) in [6.45, 7) is 17.4. The number of nitrogens with one attached hydrogen (secondary N) is 1. The number of carbonyl (C=O) groups excluding carboxylic acids is 1. The molecule has 14 nitrogen and oxygen atoms in total. The van der Waals surface area contributed by atoms with Crippen LogP contribution in [0.3, 0.4) is 0 Å². The number of likely N-dealkylation sites (N-methyl/N-ethyl adjacent to an activating group) is 2. The van der Waals surface area contributed by atoms with Gasteiger partial charge in [-0.1, -0.05) is 20.8 Å². The Balaban J connectivity index is 2.15. The number of hydrogen-bond donors (Lipinski definition) is 7. The average Bonchev–Trinajstić information content (AvgIpc) is 3.02. The Morgan fingerprint density at radius 2 is 1.54 bits per heavy atom. The van der Waals surface area contributed by atoms with E-state index < -0.39 is 96.0 Å². The third-order valence-corrected chi connectivity index (χ3v) is 11.5. The molecule has 0 amide bonds. The van der Waals surface area contributed by atoms with Gasteiger partial charge in [-0.15, -0.1) is 0 Å². The molecule has 18 atom stereocenters. The Hall–Kier alpha value is -1.01. The van der Waals surface area contributed by atoms with E-state index in [1.54, 1.807) is 48.6 Å². The molecule has 0 bridgehead atoms. The van der Waals surface area contributed by atoms with Gasteiger partial charge in [0.1, 0.15) is 30.0 Å². The first-order valence-electron chi connectivity index (χ1n) is 18.4. The summed E-state index contributed by atoms with van der Waals surface area (Å²) in [5.41, 5.74) is -4.95. The van der Waals surface area contributed by atoms with Crippen molar-refractivity contribution in [3.63, 3.8) is 0 Å². The van der Waals surface area contributed by atoms with Crippen LogP contribution in [-0.4, -0.2) is 152 Å². The lowest BCUT2D eigenvalue weighted by Crippen LogP contribution is -2.60. The van der Waals surface area contributed by atoms with Crippen LogP contribution in [0.1, 0.15) is 94.9 Å². The van der Waals surface area contributed by atoms with Crippen LogP contribution in [0.15, 0.2) is 0 Å². The number of hydrogen-bond acceptors (Lipinski definition) is 14. The van der Waals surface area contributed by atoms with Gasteiger partial charge in [0.25, 0.3) is 0 Å². The summed E-state index contributed by atoms with van der Waals surface area (Å²) in [4.78, 5) is 16.0. The van der Waals surface area contributed by atoms with Crippen molar-refractivity contribution >= 4 is 5.97 Å². The number of rotatable bonds is 6. The van der Waals surface area contributed by atoms with Gasteiger partial charge in [-0.25, -0.2) is 0 Å². The van der Waals surface area contributed by atoms with Crippen molar-refractivity contribution in [1.29, 1.82) is 0 Å². The average molecular weight is 721 g/mol. The van der Waals surface area contributed by atoms with Crippen molar-refractivity contribution < 1.29 is 59.1 Å². The highest BCUT2D eigenvalue weighted by molar-refractivity contribution is 5.73. The highest BCUT2D eigenvalue weighted by Crippen LogP contribution is 2.39. The van der Waals surface area contributed by atoms with Crippen molar-refractivity contribution in [3.05, 3.63) is 0 Å². The Morgan fingerprint density at radius 3 is 2.10 bits per heavy atom. The fourth-order valence-electron chi connectivity index (χ4n) is 8.35. The van der Waals surface area contributed by atoms with Crippen LogP contribution in [-0.2, 0) is 28.5 Å². The molecule has 0 saturated carbocycles. The van der Waals surface area contributed by atoms with Crippen LogP contribution in [0.4, 0.5) is 0 Å². The molecule has 0 radical (unpaired) electrons. The molecule has 0 spiro atoms. The number of carbonyl (C=O) groups is 1. The van der Waals surface area contributed by atoms with Crippen LogP contribution in [0.25, 0.3) is 0 Å². The van der Waals surface area contributed by atoms with Crippen molar-refractivity contribution in [2.45, 2.75) is 185 Å². The summed E-state index contributed by atoms with van der Waals surface area (Å²) in [6.07, 6.45) is -9.20. The minimum atomic E-state index is -1.81. The van der Waals surface area contributed by atoms with E-state index in [0.29, 0.717) is 13.0 Å². The number of ether oxygens (including phenoxy) is 5. The SMILES string of the molecule is CC[C@H]1OC(=O)[C@H](C)[C@@H](O[C@H]2C[C@@](C)(O)[C@@H](O)[C@H](C)O2)[C@H](C)[C@@H](O[C@@H]2O[C@H](C)C[C@H](NC)[C@H]2O)[C@](C)(O)C[C@@H](C)CN(C)[C@H](C)[C@@H](O)[C@]1(C)O. The topological polar surface area (TPSA) is 200 Å². The molecule has 294 valence electrons. The second-order valence-electron chi connectivity index (χ2n) is 16.4. The fraction of sp³-hybridized carbons (Fsp3) is 0.972. The highest BCUT2D eigenvalue weighted by atomic mass is 16.7. The Kier molecular flexibility index (Phi) is 14.7. The van der Waals surface area contributed by atoms with Crippen molar-refractivity contribution in [2.75, 3.05) is 20.6 Å². The second kappa shape index (κ2) is 17.0. The summed E-state index contributed by atoms with van der Waals surface area (Å²) >= 11 is 0. The molecule has 14 heteroatoms. The molecule has 3 saturated heterocycles. The van der Waals surface area contributed by atoms with E-state index in [1.807, 2.05) is 25.8 Å². The van der Waals surface area contributed by atoms with Crippen molar-refractivity contribution in [2.24, 2.45) is 17.8 Å². The Morgan fingerprint density at radius 1 is 0.920 bits per heavy atom. The van der Waals surface area contributed by atoms with Crippen molar-refractivity contribution in [3.8, 4) is 0 Å². The van der Waals surface area contributed by atoms with Gasteiger partial charge in [0.2, 0.25) is 0 Å². The molecule has 3 fully saturated rings. The predicted molar refractivity (Wildman–Crippen MR) is 185 cm³/mol. The molecule has 3 aliphatic heterocycles. The largest absolute Gasteiger partial charge is 0.459 e. The summed E-state index contributed by atoms with van der Waals surface area (Å²) in [5, 5.41) is 71.5. The maximum absolute atomic E-state index is 14.1. The molecule has 0 aromatic rings. The van der Waals surface area contributed by atoms with Gasteiger partial charge in [-0.3, -0.25) is 4.79 Å². The highest BCUT2D eigenvalue weighted by Gasteiger charge is 2.52. The van der Waals surface area contributed by atoms with E-state index in [-0.39, 0.29) is 37.3 Å². The van der Waals surface area contributed by atoms with Gasteiger partial charge in [-0.05, 0) is 87.7 Å². The summed E-state index contributed by atoms with van der Waals surface area (Å²) < 4.78 is 31.2. The van der Waals surface area contributed by atoms with Crippen LogP contribution in [0, 0.1) is 17.8 Å². The molecular weight excluding hydrogens is 652 g/mol. The lowest BCUT2D eigenvalue weighted by Gasteiger charge is -2.48. The Bertz CT molecular complexity index is 1090. The number of aliphatic hydroxyl groups is 6. The van der Waals surface area contributed by atoms with Gasteiger partial charge >= 0.3 is 5.97 Å². The maximum Gasteiger partial charge on any atom is 0.311 e. The molecule has 50 heavy (non-hydrogen) atoms. The minimum absolute atomic E-state index is 0.114. The molecular formula is C36H68N2O12. The van der Waals surface area contributed by atoms with E-state index in [4.69, 9.17) is 23.7 Å². The maximum atomic E-state index is 14.1. The van der Waals surface area contributed by atoms with E-state index >= 15 is 0 Å². The lowest BCUT2D eigenvalue weighted by atomic mass is 9.77. The lowest BCUT2D eigenvalue weighted by molar-refractivity contribution is -0.314. The molecule has 0 aromatic heterocycles. The van der Waals surface area contributed by atoms with Gasteiger partial charge in [0, 0.05) is 31.0 Å². The van der Waals surface area contributed by atoms with Crippen molar-refractivity contribution in [1.82, 2.24) is 10.2 Å². The predicted octanol–water partition coefficient (Wildman–Crippen LogP) is 0.904. The molecule has 0 unspecified atom stereocenters. The number of cyclic esters (lactones) is 1. The smallest absolute Gasteiger partial charge is 0.311 e. The zero-order chi connectivity index (χ0) is 38.1. The quantitative estimate of drug-likeness (QED) is 0.191. The first kappa shape index (κ1) is 43.4. The van der Waals surface area contributed by atoms with E-state index in [0.717, 1.165) is 0 Å². The van der Waals surface area contributed by atoms with E-state index in [9.17, 15) is 35.4 Å². The van der Waals surface area contributed by atoms with Crippen LogP contribution >= 0.6 is 0 Å². The Labute approximate surface area is 298 Å². The molecule has 0 aromatic carbocycles. The minimum Gasteiger partial charge on any atom is -0.459 e. The zero-order valence-electron chi connectivity index (χ0n) is 32.3. The summed E-state index contributed by atoms with van der Waals surface area (Å²) in [5.74, 6) is -2.72. The first-order valence-corrected chi connectivity index (χ1v) is 18.4. The van der Waals surface area contributed by atoms with Gasteiger partial charge in [0.05, 0.1) is 41.5 Å². The van der Waals surface area contributed by atoms with Crippen LogP contribution in [0.5, 0.6) is 0 Å². The third kappa shape index (κ3) is 9.74. The molecule has 7 N–H and O–H groups in total. The second-order valence-corrected chi connectivity index (χ2v) is 16.4.